The van der Waals surface area contributed by atoms with Gasteiger partial charge in [0.2, 0.25) is 0 Å². The van der Waals surface area contributed by atoms with Crippen molar-refractivity contribution in [3.8, 4) is 0 Å². The molecule has 1 atom stereocenters. The van der Waals surface area contributed by atoms with Crippen LogP contribution in [0.5, 0.6) is 0 Å². The number of benzene rings is 2. The zero-order chi connectivity index (χ0) is 20.1. The molecule has 2 aromatic carbocycles. The first-order valence-electron chi connectivity index (χ1n) is 9.11. The molecule has 0 radical (unpaired) electrons. The molecule has 5 nitrogen and oxygen atoms in total. The van der Waals surface area contributed by atoms with E-state index in [0.717, 1.165) is 15.8 Å². The van der Waals surface area contributed by atoms with Crippen LogP contribution in [0.25, 0.3) is 10.9 Å². The first-order chi connectivity index (χ1) is 14.2. The molecule has 1 N–H and O–H groups in total. The lowest BCUT2D eigenvalue weighted by molar-refractivity contribution is -0.124. The molecule has 4 aromatic rings. The molecule has 0 aliphatic heterocycles. The van der Waals surface area contributed by atoms with E-state index in [2.05, 4.69) is 10.3 Å². The van der Waals surface area contributed by atoms with Gasteiger partial charge in [-0.2, -0.15) is 0 Å². The van der Waals surface area contributed by atoms with Gasteiger partial charge < -0.3 is 10.1 Å². The number of hydrogen-bond acceptors (Lipinski definition) is 5. The average molecular weight is 402 g/mol. The fraction of sp³-hybridized carbons (Fsp3) is 0.0870. The summed E-state index contributed by atoms with van der Waals surface area (Å²) in [7, 11) is 0. The number of aromatic nitrogens is 1. The number of rotatable bonds is 6. The number of esters is 1. The Kier molecular flexibility index (Phi) is 5.63. The first kappa shape index (κ1) is 18.8. The number of para-hydroxylation sites is 1. The summed E-state index contributed by atoms with van der Waals surface area (Å²) in [6.07, 6.45) is 1.62. The molecule has 1 amide bonds. The van der Waals surface area contributed by atoms with Crippen molar-refractivity contribution in [3.63, 3.8) is 0 Å². The highest BCUT2D eigenvalue weighted by atomic mass is 32.1. The topological polar surface area (TPSA) is 68.3 Å². The van der Waals surface area contributed by atoms with E-state index in [4.69, 9.17) is 4.74 Å². The highest BCUT2D eigenvalue weighted by Gasteiger charge is 2.19. The van der Waals surface area contributed by atoms with Crippen molar-refractivity contribution in [2.45, 2.75) is 6.04 Å². The van der Waals surface area contributed by atoms with Gasteiger partial charge in [-0.05, 0) is 29.1 Å². The maximum atomic E-state index is 12.5. The molecule has 0 aliphatic rings. The fourth-order valence-corrected chi connectivity index (χ4v) is 3.90. The second kappa shape index (κ2) is 8.67. The minimum Gasteiger partial charge on any atom is -0.452 e. The molecular formula is C23H18N2O3S. The van der Waals surface area contributed by atoms with E-state index in [1.807, 2.05) is 60.0 Å². The Hall–Kier alpha value is -3.51. The Morgan fingerprint density at radius 3 is 2.59 bits per heavy atom. The Morgan fingerprint density at radius 2 is 1.79 bits per heavy atom. The standard InChI is InChI=1S/C23H18N2O3S/c26-20(25-22(19-12-6-14-29-19)17-7-2-1-3-8-17)15-28-23(27)18-11-4-9-16-10-5-13-24-21(16)18/h1-14,22H,15H2,(H,25,26)/t22-/m1/s1. The van der Waals surface area contributed by atoms with Gasteiger partial charge in [0.1, 0.15) is 0 Å². The average Bonchev–Trinajstić information content (AvgIpc) is 3.30. The van der Waals surface area contributed by atoms with Crippen molar-refractivity contribution in [2.75, 3.05) is 6.61 Å². The number of fused-ring (bicyclic) bond motifs is 1. The van der Waals surface area contributed by atoms with Gasteiger partial charge in [-0.1, -0.05) is 54.6 Å². The lowest BCUT2D eigenvalue weighted by Crippen LogP contribution is -2.32. The molecule has 0 fully saturated rings. The third-order valence-corrected chi connectivity index (χ3v) is 5.39. The Bertz CT molecular complexity index is 1120. The molecule has 0 aliphatic carbocycles. The number of nitrogens with zero attached hydrogens (tertiary/aromatic N) is 1. The smallest absolute Gasteiger partial charge is 0.340 e. The van der Waals surface area contributed by atoms with Gasteiger partial charge in [0.15, 0.2) is 6.61 Å². The molecule has 0 saturated carbocycles. The normalized spacial score (nSPS) is 11.7. The Morgan fingerprint density at radius 1 is 0.966 bits per heavy atom. The maximum absolute atomic E-state index is 12.5. The molecule has 0 saturated heterocycles. The van der Waals surface area contributed by atoms with Crippen molar-refractivity contribution in [2.24, 2.45) is 0 Å². The summed E-state index contributed by atoms with van der Waals surface area (Å²) in [5, 5.41) is 5.76. The molecule has 0 unspecified atom stereocenters. The zero-order valence-corrected chi connectivity index (χ0v) is 16.3. The molecule has 4 rings (SSSR count). The van der Waals surface area contributed by atoms with Crippen LogP contribution in [0, 0.1) is 0 Å². The summed E-state index contributed by atoms with van der Waals surface area (Å²) in [4.78, 5) is 30.3. The van der Waals surface area contributed by atoms with Crippen LogP contribution in [0.15, 0.2) is 84.4 Å². The van der Waals surface area contributed by atoms with Crippen molar-refractivity contribution in [3.05, 3.63) is 100 Å². The first-order valence-corrected chi connectivity index (χ1v) is 9.99. The van der Waals surface area contributed by atoms with E-state index < -0.39 is 5.97 Å². The van der Waals surface area contributed by atoms with E-state index in [0.29, 0.717) is 11.1 Å². The van der Waals surface area contributed by atoms with Gasteiger partial charge in [0.05, 0.1) is 17.1 Å². The van der Waals surface area contributed by atoms with Crippen LogP contribution < -0.4 is 5.32 Å². The van der Waals surface area contributed by atoms with E-state index in [1.165, 1.54) is 0 Å². The molecule has 0 bridgehead atoms. The molecule has 144 valence electrons. The predicted molar refractivity (Wildman–Crippen MR) is 113 cm³/mol. The largest absolute Gasteiger partial charge is 0.452 e. The van der Waals surface area contributed by atoms with E-state index in [1.54, 1.807) is 35.7 Å². The van der Waals surface area contributed by atoms with Gasteiger partial charge >= 0.3 is 5.97 Å². The lowest BCUT2D eigenvalue weighted by Gasteiger charge is -2.18. The van der Waals surface area contributed by atoms with Gasteiger partial charge in [-0.15, -0.1) is 11.3 Å². The number of thiophene rings is 1. The number of carbonyl (C=O) groups excluding carboxylic acids is 2. The van der Waals surface area contributed by atoms with Gasteiger partial charge in [0, 0.05) is 16.5 Å². The van der Waals surface area contributed by atoms with E-state index >= 15 is 0 Å². The number of ether oxygens (including phenoxy) is 1. The summed E-state index contributed by atoms with van der Waals surface area (Å²) >= 11 is 1.56. The quantitative estimate of drug-likeness (QED) is 0.487. The van der Waals surface area contributed by atoms with Crippen LogP contribution in [0.4, 0.5) is 0 Å². The molecular weight excluding hydrogens is 384 g/mol. The number of pyridine rings is 1. The number of amides is 1. The Labute approximate surface area is 172 Å². The maximum Gasteiger partial charge on any atom is 0.340 e. The summed E-state index contributed by atoms with van der Waals surface area (Å²) < 4.78 is 5.26. The summed E-state index contributed by atoms with van der Waals surface area (Å²) in [5.41, 5.74) is 1.86. The molecule has 29 heavy (non-hydrogen) atoms. The lowest BCUT2D eigenvalue weighted by atomic mass is 10.1. The molecule has 2 aromatic heterocycles. The second-order valence-corrected chi connectivity index (χ2v) is 7.36. The van der Waals surface area contributed by atoms with Crippen LogP contribution in [0.3, 0.4) is 0 Å². The van der Waals surface area contributed by atoms with Crippen molar-refractivity contribution in [1.82, 2.24) is 10.3 Å². The summed E-state index contributed by atoms with van der Waals surface area (Å²) in [6, 6.07) is 22.3. The zero-order valence-electron chi connectivity index (χ0n) is 15.4. The third kappa shape index (κ3) is 4.33. The van der Waals surface area contributed by atoms with Crippen molar-refractivity contribution >= 4 is 34.1 Å². The monoisotopic (exact) mass is 402 g/mol. The summed E-state index contributed by atoms with van der Waals surface area (Å²) in [6.45, 7) is -0.364. The van der Waals surface area contributed by atoms with Crippen LogP contribution in [0.2, 0.25) is 0 Å². The van der Waals surface area contributed by atoms with E-state index in [9.17, 15) is 9.59 Å². The number of hydrogen-bond donors (Lipinski definition) is 1. The van der Waals surface area contributed by atoms with Gasteiger partial charge in [-0.3, -0.25) is 9.78 Å². The fourth-order valence-electron chi connectivity index (χ4n) is 3.10. The minimum atomic E-state index is -0.572. The minimum absolute atomic E-state index is 0.290. The summed E-state index contributed by atoms with van der Waals surface area (Å²) in [5.74, 6) is -0.939. The van der Waals surface area contributed by atoms with Crippen LogP contribution in [0.1, 0.15) is 26.8 Å². The van der Waals surface area contributed by atoms with Crippen molar-refractivity contribution < 1.29 is 14.3 Å². The van der Waals surface area contributed by atoms with Gasteiger partial charge in [0.25, 0.3) is 5.91 Å². The number of nitrogens with one attached hydrogen (secondary N) is 1. The number of carbonyl (C=O) groups is 2. The highest BCUT2D eigenvalue weighted by Crippen LogP contribution is 2.26. The second-order valence-electron chi connectivity index (χ2n) is 6.38. The van der Waals surface area contributed by atoms with Gasteiger partial charge in [-0.25, -0.2) is 4.79 Å². The van der Waals surface area contributed by atoms with Crippen LogP contribution in [-0.4, -0.2) is 23.5 Å². The van der Waals surface area contributed by atoms with Crippen LogP contribution in [-0.2, 0) is 9.53 Å². The highest BCUT2D eigenvalue weighted by molar-refractivity contribution is 7.10. The van der Waals surface area contributed by atoms with Crippen molar-refractivity contribution in [1.29, 1.82) is 0 Å². The Balaban J connectivity index is 1.45. The molecule has 0 spiro atoms. The predicted octanol–water partition coefficient (Wildman–Crippen LogP) is 4.36. The molecule has 6 heteroatoms. The molecule has 2 heterocycles. The van der Waals surface area contributed by atoms with Crippen LogP contribution >= 0.6 is 11.3 Å². The third-order valence-electron chi connectivity index (χ3n) is 4.45. The van der Waals surface area contributed by atoms with E-state index in [-0.39, 0.29) is 18.6 Å². The SMILES string of the molecule is O=C(COC(=O)c1cccc2cccnc12)N[C@H](c1ccccc1)c1cccs1.